The van der Waals surface area contributed by atoms with E-state index in [1.165, 1.54) is 0 Å². The normalized spacial score (nSPS) is 10.8. The lowest BCUT2D eigenvalue weighted by molar-refractivity contribution is -0.198. The molecule has 0 radical (unpaired) electrons. The van der Waals surface area contributed by atoms with Crippen LogP contribution >= 0.6 is 0 Å². The Hall–Kier alpha value is -0.690. The third-order valence-electron chi connectivity index (χ3n) is 1.66. The third kappa shape index (κ3) is 7.58. The molecule has 0 aliphatic rings. The summed E-state index contributed by atoms with van der Waals surface area (Å²) in [4.78, 5) is 11.4. The van der Waals surface area contributed by atoms with Gasteiger partial charge in [0.05, 0.1) is 33.0 Å². The Morgan fingerprint density at radius 3 is 2.12 bits per heavy atom. The summed E-state index contributed by atoms with van der Waals surface area (Å²) in [6, 6.07) is 0. The molecule has 96 valence electrons. The van der Waals surface area contributed by atoms with Gasteiger partial charge in [0.15, 0.2) is 0 Å². The molecule has 0 unspecified atom stereocenters. The lowest BCUT2D eigenvalue weighted by Gasteiger charge is -2.16. The first kappa shape index (κ1) is 15.3. The van der Waals surface area contributed by atoms with Crippen molar-refractivity contribution >= 4 is 5.97 Å². The standard InChI is InChI=1S/C10H20O6/c1-2-3-6-14-9(13)10(15-7-4-11)16-8-5-12/h10-12H,2-8H2,1H3. The molecule has 0 aromatic carbocycles. The average Bonchev–Trinajstić information content (AvgIpc) is 2.29. The van der Waals surface area contributed by atoms with Crippen LogP contribution in [0.1, 0.15) is 19.8 Å². The minimum atomic E-state index is -1.17. The van der Waals surface area contributed by atoms with E-state index < -0.39 is 12.3 Å². The van der Waals surface area contributed by atoms with Crippen LogP contribution in [-0.4, -0.2) is 55.5 Å². The zero-order valence-corrected chi connectivity index (χ0v) is 9.55. The summed E-state index contributed by atoms with van der Waals surface area (Å²) in [6.07, 6.45) is 0.530. The van der Waals surface area contributed by atoms with Crippen LogP contribution in [0.15, 0.2) is 0 Å². The van der Waals surface area contributed by atoms with E-state index in [1.54, 1.807) is 0 Å². The molecule has 0 aliphatic heterocycles. The topological polar surface area (TPSA) is 85.2 Å². The zero-order valence-electron chi connectivity index (χ0n) is 9.55. The number of ether oxygens (including phenoxy) is 3. The summed E-state index contributed by atoms with van der Waals surface area (Å²) in [7, 11) is 0. The SMILES string of the molecule is CCCCOC(=O)C(OCCO)OCCO. The van der Waals surface area contributed by atoms with Crippen molar-refractivity contribution in [3.8, 4) is 0 Å². The molecule has 0 aromatic rings. The number of rotatable bonds is 10. The van der Waals surface area contributed by atoms with Gasteiger partial charge >= 0.3 is 5.97 Å². The fourth-order valence-electron chi connectivity index (χ4n) is 0.889. The second-order valence-corrected chi connectivity index (χ2v) is 3.04. The van der Waals surface area contributed by atoms with Crippen molar-refractivity contribution in [1.82, 2.24) is 0 Å². The number of aliphatic hydroxyl groups excluding tert-OH is 2. The van der Waals surface area contributed by atoms with Crippen LogP contribution in [0.25, 0.3) is 0 Å². The first-order valence-electron chi connectivity index (χ1n) is 5.37. The number of aliphatic hydroxyl groups is 2. The molecule has 2 N–H and O–H groups in total. The molecule has 6 nitrogen and oxygen atoms in total. The van der Waals surface area contributed by atoms with E-state index in [2.05, 4.69) is 0 Å². The molecule has 0 heterocycles. The van der Waals surface area contributed by atoms with Gasteiger partial charge in [-0.25, -0.2) is 4.79 Å². The molecule has 6 heteroatoms. The number of hydrogen-bond donors (Lipinski definition) is 2. The molecule has 0 spiro atoms. The highest BCUT2D eigenvalue weighted by atomic mass is 16.7. The van der Waals surface area contributed by atoms with Crippen LogP contribution < -0.4 is 0 Å². The first-order chi connectivity index (χ1) is 7.76. The molecule has 0 saturated heterocycles. The Morgan fingerprint density at radius 2 is 1.69 bits per heavy atom. The molecule has 0 aromatic heterocycles. The van der Waals surface area contributed by atoms with Crippen LogP contribution in [0.5, 0.6) is 0 Å². The summed E-state index contributed by atoms with van der Waals surface area (Å²) in [5.41, 5.74) is 0. The summed E-state index contributed by atoms with van der Waals surface area (Å²) in [6.45, 7) is 1.85. The molecule has 0 fully saturated rings. The van der Waals surface area contributed by atoms with Gasteiger partial charge in [-0.1, -0.05) is 13.3 Å². The summed E-state index contributed by atoms with van der Waals surface area (Å²) >= 11 is 0. The molecule has 0 saturated carbocycles. The van der Waals surface area contributed by atoms with Gasteiger partial charge in [-0.3, -0.25) is 0 Å². The summed E-state index contributed by atoms with van der Waals surface area (Å²) in [5, 5.41) is 17.1. The van der Waals surface area contributed by atoms with E-state index in [4.69, 9.17) is 24.4 Å². The fourth-order valence-corrected chi connectivity index (χ4v) is 0.889. The highest BCUT2D eigenvalue weighted by Crippen LogP contribution is 2.00. The lowest BCUT2D eigenvalue weighted by Crippen LogP contribution is -2.31. The minimum Gasteiger partial charge on any atom is -0.462 e. The number of carbonyl (C=O) groups excluding carboxylic acids is 1. The Labute approximate surface area is 95.1 Å². The highest BCUT2D eigenvalue weighted by molar-refractivity contribution is 5.73. The first-order valence-corrected chi connectivity index (χ1v) is 5.37. The Balaban J connectivity index is 3.88. The van der Waals surface area contributed by atoms with Crippen LogP contribution in [-0.2, 0) is 19.0 Å². The van der Waals surface area contributed by atoms with Crippen molar-refractivity contribution in [3.05, 3.63) is 0 Å². The van der Waals surface area contributed by atoms with Crippen molar-refractivity contribution in [1.29, 1.82) is 0 Å². The minimum absolute atomic E-state index is 0.0149. The maximum Gasteiger partial charge on any atom is 0.363 e. The van der Waals surface area contributed by atoms with Crippen LogP contribution in [0.4, 0.5) is 0 Å². The van der Waals surface area contributed by atoms with Crippen molar-refractivity contribution in [2.24, 2.45) is 0 Å². The highest BCUT2D eigenvalue weighted by Gasteiger charge is 2.21. The third-order valence-corrected chi connectivity index (χ3v) is 1.66. The quantitative estimate of drug-likeness (QED) is 0.307. The van der Waals surface area contributed by atoms with Gasteiger partial charge in [-0.2, -0.15) is 0 Å². The predicted octanol–water partition coefficient (Wildman–Crippen LogP) is -0.326. The van der Waals surface area contributed by atoms with Crippen molar-refractivity contribution < 1.29 is 29.2 Å². The van der Waals surface area contributed by atoms with E-state index in [0.717, 1.165) is 12.8 Å². The van der Waals surface area contributed by atoms with Gasteiger partial charge in [0.25, 0.3) is 6.29 Å². The van der Waals surface area contributed by atoms with E-state index in [-0.39, 0.29) is 26.4 Å². The van der Waals surface area contributed by atoms with Crippen LogP contribution in [0, 0.1) is 0 Å². The number of carbonyl (C=O) groups is 1. The molecular weight excluding hydrogens is 216 g/mol. The van der Waals surface area contributed by atoms with Gasteiger partial charge in [-0.05, 0) is 6.42 Å². The van der Waals surface area contributed by atoms with E-state index in [1.807, 2.05) is 6.92 Å². The summed E-state index contributed by atoms with van der Waals surface area (Å²) < 4.78 is 14.7. The van der Waals surface area contributed by atoms with E-state index in [9.17, 15) is 4.79 Å². The smallest absolute Gasteiger partial charge is 0.363 e. The van der Waals surface area contributed by atoms with E-state index in [0.29, 0.717) is 6.61 Å². The van der Waals surface area contributed by atoms with Gasteiger partial charge in [0.2, 0.25) is 0 Å². The lowest BCUT2D eigenvalue weighted by atomic mass is 10.4. The fraction of sp³-hybridized carbons (Fsp3) is 0.900. The number of unbranched alkanes of at least 4 members (excludes halogenated alkanes) is 1. The van der Waals surface area contributed by atoms with Gasteiger partial charge < -0.3 is 24.4 Å². The Kier molecular flexibility index (Phi) is 10.3. The van der Waals surface area contributed by atoms with Gasteiger partial charge in [0, 0.05) is 0 Å². The van der Waals surface area contributed by atoms with Gasteiger partial charge in [0.1, 0.15) is 0 Å². The molecular formula is C10H20O6. The van der Waals surface area contributed by atoms with Crippen molar-refractivity contribution in [2.75, 3.05) is 33.0 Å². The van der Waals surface area contributed by atoms with Gasteiger partial charge in [-0.15, -0.1) is 0 Å². The number of hydrogen-bond acceptors (Lipinski definition) is 6. The maximum absolute atomic E-state index is 11.4. The number of esters is 1. The zero-order chi connectivity index (χ0) is 12.2. The monoisotopic (exact) mass is 236 g/mol. The second kappa shape index (κ2) is 10.8. The predicted molar refractivity (Wildman–Crippen MR) is 55.7 cm³/mol. The Bertz CT molecular complexity index is 165. The molecule has 0 atom stereocenters. The summed E-state index contributed by atoms with van der Waals surface area (Å²) in [5.74, 6) is -0.629. The molecule has 0 amide bonds. The second-order valence-electron chi connectivity index (χ2n) is 3.04. The molecule has 0 aliphatic carbocycles. The van der Waals surface area contributed by atoms with Crippen molar-refractivity contribution in [2.45, 2.75) is 26.1 Å². The molecule has 16 heavy (non-hydrogen) atoms. The van der Waals surface area contributed by atoms with Crippen LogP contribution in [0.3, 0.4) is 0 Å². The largest absolute Gasteiger partial charge is 0.462 e. The molecule has 0 rings (SSSR count). The van der Waals surface area contributed by atoms with Crippen molar-refractivity contribution in [3.63, 3.8) is 0 Å². The Morgan fingerprint density at radius 1 is 1.12 bits per heavy atom. The molecule has 0 bridgehead atoms. The van der Waals surface area contributed by atoms with E-state index >= 15 is 0 Å². The maximum atomic E-state index is 11.4. The van der Waals surface area contributed by atoms with Crippen LogP contribution in [0.2, 0.25) is 0 Å². The average molecular weight is 236 g/mol.